The van der Waals surface area contributed by atoms with Gasteiger partial charge in [-0.1, -0.05) is 30.3 Å². The lowest BCUT2D eigenvalue weighted by Crippen LogP contribution is -2.56. The highest BCUT2D eigenvalue weighted by Crippen LogP contribution is 2.38. The van der Waals surface area contributed by atoms with Gasteiger partial charge in [0.1, 0.15) is 0 Å². The van der Waals surface area contributed by atoms with Gasteiger partial charge in [0.2, 0.25) is 11.8 Å². The minimum atomic E-state index is 0.0447. The fourth-order valence-corrected chi connectivity index (χ4v) is 7.08. The van der Waals surface area contributed by atoms with E-state index in [-0.39, 0.29) is 23.9 Å². The maximum Gasteiger partial charge on any atom is 0.228 e. The van der Waals surface area contributed by atoms with E-state index in [0.717, 1.165) is 24.4 Å². The second kappa shape index (κ2) is 10.6. The van der Waals surface area contributed by atoms with Crippen molar-refractivity contribution in [3.05, 3.63) is 79.7 Å². The van der Waals surface area contributed by atoms with Gasteiger partial charge in [-0.25, -0.2) is 0 Å². The predicted octanol–water partition coefficient (Wildman–Crippen LogP) is 4.76. The third-order valence-electron chi connectivity index (χ3n) is 7.37. The van der Waals surface area contributed by atoms with E-state index < -0.39 is 0 Å². The summed E-state index contributed by atoms with van der Waals surface area (Å²) in [7, 11) is 0. The molecule has 2 aromatic heterocycles. The van der Waals surface area contributed by atoms with E-state index in [0.29, 0.717) is 32.5 Å². The van der Waals surface area contributed by atoms with E-state index in [4.69, 9.17) is 0 Å². The molecule has 2 atom stereocenters. The highest BCUT2D eigenvalue weighted by molar-refractivity contribution is 7.10. The fourth-order valence-electron chi connectivity index (χ4n) is 5.48. The summed E-state index contributed by atoms with van der Waals surface area (Å²) in [5, 5.41) is 4.21. The summed E-state index contributed by atoms with van der Waals surface area (Å²) in [6.45, 7) is 7.81. The number of amides is 2. The molecule has 2 amide bonds. The first-order valence-electron chi connectivity index (χ1n) is 12.5. The summed E-state index contributed by atoms with van der Waals surface area (Å²) >= 11 is 3.47. The molecule has 1 fully saturated rings. The standard InChI is InChI=1S/C28H33N3O2S2/c1-20-6-3-4-8-23(20)28-24-11-17-35-25(24)9-12-29(28)13-10-26(32)30-14-15-31(21(2)19-30)27(33)18-22-7-5-16-34-22/h3-8,11,16-17,21,28H,9-10,12-15,18-19H2,1-2H3. The van der Waals surface area contributed by atoms with Gasteiger partial charge in [-0.3, -0.25) is 14.5 Å². The lowest BCUT2D eigenvalue weighted by Gasteiger charge is -2.41. The lowest BCUT2D eigenvalue weighted by atomic mass is 9.90. The quantitative estimate of drug-likeness (QED) is 0.483. The predicted molar refractivity (Wildman–Crippen MR) is 143 cm³/mol. The van der Waals surface area contributed by atoms with Gasteiger partial charge >= 0.3 is 0 Å². The smallest absolute Gasteiger partial charge is 0.228 e. The van der Waals surface area contributed by atoms with Crippen LogP contribution in [0.1, 0.15) is 45.8 Å². The zero-order valence-electron chi connectivity index (χ0n) is 20.5. The van der Waals surface area contributed by atoms with Crippen molar-refractivity contribution in [1.82, 2.24) is 14.7 Å². The Kier molecular flexibility index (Phi) is 7.37. The van der Waals surface area contributed by atoms with Gasteiger partial charge in [0, 0.05) is 54.9 Å². The highest BCUT2D eigenvalue weighted by Gasteiger charge is 2.33. The molecule has 3 aromatic rings. The van der Waals surface area contributed by atoms with Crippen LogP contribution in [0.2, 0.25) is 0 Å². The molecular weight excluding hydrogens is 474 g/mol. The van der Waals surface area contributed by atoms with Crippen molar-refractivity contribution >= 4 is 34.5 Å². The number of carbonyl (C=O) groups excluding carboxylic acids is 2. The molecule has 0 spiro atoms. The van der Waals surface area contributed by atoms with Gasteiger partial charge in [0.05, 0.1) is 12.5 Å². The number of rotatable bonds is 6. The Morgan fingerprint density at radius 1 is 0.943 bits per heavy atom. The molecule has 7 heteroatoms. The average molecular weight is 508 g/mol. The molecule has 5 nitrogen and oxygen atoms in total. The Morgan fingerprint density at radius 3 is 2.57 bits per heavy atom. The molecule has 5 rings (SSSR count). The monoisotopic (exact) mass is 507 g/mol. The van der Waals surface area contributed by atoms with E-state index in [1.54, 1.807) is 11.3 Å². The molecule has 2 aliphatic rings. The molecule has 1 saturated heterocycles. The second-order valence-corrected chi connectivity index (χ2v) is 11.7. The molecule has 0 aliphatic carbocycles. The minimum Gasteiger partial charge on any atom is -0.339 e. The molecule has 1 aromatic carbocycles. The number of benzene rings is 1. The maximum atomic E-state index is 13.2. The molecule has 0 bridgehead atoms. The lowest BCUT2D eigenvalue weighted by molar-refractivity contribution is -0.142. The third kappa shape index (κ3) is 5.22. The maximum absolute atomic E-state index is 13.2. The van der Waals surface area contributed by atoms with Gasteiger partial charge in [0.15, 0.2) is 0 Å². The van der Waals surface area contributed by atoms with Crippen molar-refractivity contribution in [2.75, 3.05) is 32.7 Å². The van der Waals surface area contributed by atoms with Crippen molar-refractivity contribution in [1.29, 1.82) is 0 Å². The van der Waals surface area contributed by atoms with E-state index in [2.05, 4.69) is 54.5 Å². The number of aryl methyl sites for hydroxylation is 1. The fraction of sp³-hybridized carbons (Fsp3) is 0.429. The zero-order chi connectivity index (χ0) is 24.4. The van der Waals surface area contributed by atoms with Gasteiger partial charge in [-0.05, 0) is 59.9 Å². The minimum absolute atomic E-state index is 0.0447. The van der Waals surface area contributed by atoms with Crippen molar-refractivity contribution in [3.8, 4) is 0 Å². The Hall–Kier alpha value is -2.48. The number of piperazine rings is 1. The first-order valence-corrected chi connectivity index (χ1v) is 14.2. The van der Waals surface area contributed by atoms with Crippen LogP contribution in [-0.2, 0) is 22.4 Å². The summed E-state index contributed by atoms with van der Waals surface area (Å²) < 4.78 is 0. The molecule has 184 valence electrons. The van der Waals surface area contributed by atoms with Crippen LogP contribution in [0.25, 0.3) is 0 Å². The van der Waals surface area contributed by atoms with Crippen LogP contribution in [0.5, 0.6) is 0 Å². The molecular formula is C28H33N3O2S2. The zero-order valence-corrected chi connectivity index (χ0v) is 22.1. The number of fused-ring (bicyclic) bond motifs is 1. The molecule has 2 aliphatic heterocycles. The average Bonchev–Trinajstić information content (AvgIpc) is 3.54. The summed E-state index contributed by atoms with van der Waals surface area (Å²) in [6.07, 6.45) is 2.01. The molecule has 35 heavy (non-hydrogen) atoms. The Morgan fingerprint density at radius 2 is 1.80 bits per heavy atom. The van der Waals surface area contributed by atoms with Crippen LogP contribution in [0.3, 0.4) is 0 Å². The van der Waals surface area contributed by atoms with Crippen molar-refractivity contribution in [3.63, 3.8) is 0 Å². The van der Waals surface area contributed by atoms with Crippen LogP contribution in [-0.4, -0.2) is 65.3 Å². The third-order valence-corrected chi connectivity index (χ3v) is 9.24. The van der Waals surface area contributed by atoms with Gasteiger partial charge in [-0.2, -0.15) is 0 Å². The highest BCUT2D eigenvalue weighted by atomic mass is 32.1. The number of thiophene rings is 2. The molecule has 0 radical (unpaired) electrons. The van der Waals surface area contributed by atoms with Gasteiger partial charge in [-0.15, -0.1) is 22.7 Å². The van der Waals surface area contributed by atoms with Crippen LogP contribution < -0.4 is 0 Å². The molecule has 0 N–H and O–H groups in total. The number of nitrogens with zero attached hydrogens (tertiary/aromatic N) is 3. The van der Waals surface area contributed by atoms with E-state index in [9.17, 15) is 9.59 Å². The molecule has 4 heterocycles. The second-order valence-electron chi connectivity index (χ2n) is 9.63. The number of carbonyl (C=O) groups is 2. The van der Waals surface area contributed by atoms with Crippen molar-refractivity contribution in [2.45, 2.75) is 45.2 Å². The normalized spacial score (nSPS) is 20.6. The Balaban J connectivity index is 1.21. The van der Waals surface area contributed by atoms with Crippen molar-refractivity contribution < 1.29 is 9.59 Å². The largest absolute Gasteiger partial charge is 0.339 e. The topological polar surface area (TPSA) is 43.9 Å². The van der Waals surface area contributed by atoms with Crippen LogP contribution in [0.4, 0.5) is 0 Å². The first-order chi connectivity index (χ1) is 17.0. The summed E-state index contributed by atoms with van der Waals surface area (Å²) in [5.41, 5.74) is 4.03. The number of hydrogen-bond donors (Lipinski definition) is 0. The molecule has 2 unspecified atom stereocenters. The number of hydrogen-bond acceptors (Lipinski definition) is 5. The van der Waals surface area contributed by atoms with Gasteiger partial charge in [0.25, 0.3) is 0 Å². The SMILES string of the molecule is Cc1ccccc1C1c2ccsc2CCN1CCC(=O)N1CCN(C(=O)Cc2cccs2)C(C)C1. The van der Waals surface area contributed by atoms with Crippen LogP contribution in [0, 0.1) is 6.92 Å². The summed E-state index contributed by atoms with van der Waals surface area (Å²) in [5.74, 6) is 0.356. The Bertz CT molecular complexity index is 1170. The van der Waals surface area contributed by atoms with E-state index in [1.165, 1.54) is 21.6 Å². The Labute approximate surface area is 216 Å². The van der Waals surface area contributed by atoms with Crippen LogP contribution >= 0.6 is 22.7 Å². The first kappa shape index (κ1) is 24.2. The summed E-state index contributed by atoms with van der Waals surface area (Å²) in [4.78, 5) is 35.0. The van der Waals surface area contributed by atoms with E-state index in [1.807, 2.05) is 38.6 Å². The van der Waals surface area contributed by atoms with Crippen LogP contribution in [0.15, 0.2) is 53.2 Å². The van der Waals surface area contributed by atoms with Gasteiger partial charge < -0.3 is 9.80 Å². The molecule has 0 saturated carbocycles. The summed E-state index contributed by atoms with van der Waals surface area (Å²) in [6, 6.07) is 15.1. The van der Waals surface area contributed by atoms with Crippen molar-refractivity contribution in [2.24, 2.45) is 0 Å². The van der Waals surface area contributed by atoms with E-state index >= 15 is 0 Å².